The Kier molecular flexibility index (Phi) is 4.50. The van der Waals surface area contributed by atoms with E-state index in [1.54, 1.807) is 12.1 Å². The number of fused-ring (bicyclic) bond motifs is 1. The molecule has 26 heavy (non-hydrogen) atoms. The highest BCUT2D eigenvalue weighted by Gasteiger charge is 2.15. The van der Waals surface area contributed by atoms with Gasteiger partial charge in [-0.2, -0.15) is 0 Å². The molecular weight excluding hydrogens is 326 g/mol. The zero-order chi connectivity index (χ0) is 17.9. The largest absolute Gasteiger partial charge is 0.366 e. The van der Waals surface area contributed by atoms with Crippen molar-refractivity contribution in [3.05, 3.63) is 59.9 Å². The number of hydrogen-bond donors (Lipinski definition) is 2. The minimum atomic E-state index is -0.433. The van der Waals surface area contributed by atoms with Gasteiger partial charge >= 0.3 is 0 Å². The first-order valence-electron chi connectivity index (χ1n) is 8.84. The molecule has 3 aromatic rings. The number of hydrogen-bond acceptors (Lipinski definition) is 5. The third-order valence-electron chi connectivity index (χ3n) is 4.65. The van der Waals surface area contributed by atoms with E-state index in [0.717, 1.165) is 47.9 Å². The number of nitrogens with two attached hydrogens (primary N) is 1. The molecule has 2 heterocycles. The summed E-state index contributed by atoms with van der Waals surface area (Å²) in [5, 5.41) is 4.33. The smallest absolute Gasteiger partial charge is 0.248 e. The van der Waals surface area contributed by atoms with Crippen molar-refractivity contribution in [2.24, 2.45) is 5.73 Å². The van der Waals surface area contributed by atoms with Crippen molar-refractivity contribution in [3.8, 4) is 0 Å². The second-order valence-electron chi connectivity index (χ2n) is 6.56. The van der Waals surface area contributed by atoms with Crippen LogP contribution in [0.25, 0.3) is 10.9 Å². The van der Waals surface area contributed by atoms with Crippen LogP contribution in [0, 0.1) is 0 Å². The number of nitrogens with zero attached hydrogens (tertiary/aromatic N) is 3. The Labute approximate surface area is 152 Å². The predicted octanol–water partition coefficient (Wildman–Crippen LogP) is 3.07. The molecule has 1 fully saturated rings. The number of nitrogens with one attached hydrogen (secondary N) is 1. The van der Waals surface area contributed by atoms with Crippen LogP contribution in [0.15, 0.2) is 48.5 Å². The van der Waals surface area contributed by atoms with Crippen molar-refractivity contribution in [3.63, 3.8) is 0 Å². The molecule has 1 aliphatic heterocycles. The molecule has 6 heteroatoms. The number of amides is 1. The molecule has 0 radical (unpaired) electrons. The Bertz CT molecular complexity index is 933. The quantitative estimate of drug-likeness (QED) is 0.741. The van der Waals surface area contributed by atoms with Gasteiger partial charge in [0.15, 0.2) is 0 Å². The number of aromatic nitrogens is 2. The summed E-state index contributed by atoms with van der Waals surface area (Å²) in [6.45, 7) is 2.97. The highest BCUT2D eigenvalue weighted by atomic mass is 16.1. The second-order valence-corrected chi connectivity index (χ2v) is 6.56. The summed E-state index contributed by atoms with van der Waals surface area (Å²) >= 11 is 0. The SMILES string of the molecule is NC(=O)c1ccc(Nc2nc(CN3CCCC3)nc3ccccc23)cc1. The van der Waals surface area contributed by atoms with Gasteiger partial charge in [-0.25, -0.2) is 9.97 Å². The van der Waals surface area contributed by atoms with Gasteiger partial charge in [0.05, 0.1) is 12.1 Å². The van der Waals surface area contributed by atoms with Gasteiger partial charge in [-0.05, 0) is 62.3 Å². The van der Waals surface area contributed by atoms with Crippen molar-refractivity contribution < 1.29 is 4.79 Å². The Morgan fingerprint density at radius 1 is 1.04 bits per heavy atom. The van der Waals surface area contributed by atoms with E-state index in [0.29, 0.717) is 5.56 Å². The molecule has 1 saturated heterocycles. The van der Waals surface area contributed by atoms with Crippen LogP contribution in [0.2, 0.25) is 0 Å². The van der Waals surface area contributed by atoms with Gasteiger partial charge < -0.3 is 11.1 Å². The molecule has 1 aromatic heterocycles. The maximum Gasteiger partial charge on any atom is 0.248 e. The molecule has 0 saturated carbocycles. The Balaban J connectivity index is 1.66. The first-order valence-corrected chi connectivity index (χ1v) is 8.84. The average Bonchev–Trinajstić information content (AvgIpc) is 3.15. The van der Waals surface area contributed by atoms with Crippen molar-refractivity contribution in [2.45, 2.75) is 19.4 Å². The van der Waals surface area contributed by atoms with E-state index in [2.05, 4.69) is 10.2 Å². The monoisotopic (exact) mass is 347 g/mol. The van der Waals surface area contributed by atoms with Gasteiger partial charge in [0.25, 0.3) is 0 Å². The standard InChI is InChI=1S/C20H21N5O/c21-19(26)14-7-9-15(10-8-14)22-20-16-5-1-2-6-17(16)23-18(24-20)13-25-11-3-4-12-25/h1-2,5-10H,3-4,11-13H2,(H2,21,26)(H,22,23,24). The van der Waals surface area contributed by atoms with Crippen molar-refractivity contribution in [1.29, 1.82) is 0 Å². The highest BCUT2D eigenvalue weighted by molar-refractivity contribution is 5.94. The molecule has 132 valence electrons. The topological polar surface area (TPSA) is 84.1 Å². The van der Waals surface area contributed by atoms with E-state index in [9.17, 15) is 4.79 Å². The van der Waals surface area contributed by atoms with Crippen molar-refractivity contribution >= 4 is 28.3 Å². The fourth-order valence-electron chi connectivity index (χ4n) is 3.29. The molecule has 0 unspecified atom stereocenters. The molecule has 1 amide bonds. The van der Waals surface area contributed by atoms with Crippen molar-refractivity contribution in [2.75, 3.05) is 18.4 Å². The van der Waals surface area contributed by atoms with Crippen LogP contribution in [0.4, 0.5) is 11.5 Å². The fourth-order valence-corrected chi connectivity index (χ4v) is 3.29. The number of likely N-dealkylation sites (tertiary alicyclic amines) is 1. The van der Waals surface area contributed by atoms with Gasteiger partial charge in [-0.3, -0.25) is 9.69 Å². The molecule has 0 aliphatic carbocycles. The molecule has 0 atom stereocenters. The second kappa shape index (κ2) is 7.09. The number of carbonyl (C=O) groups is 1. The number of primary amides is 1. The molecule has 6 nitrogen and oxygen atoms in total. The Morgan fingerprint density at radius 2 is 1.77 bits per heavy atom. The first kappa shape index (κ1) is 16.5. The zero-order valence-corrected chi connectivity index (χ0v) is 14.5. The molecule has 2 aromatic carbocycles. The lowest BCUT2D eigenvalue weighted by atomic mass is 10.2. The normalized spacial score (nSPS) is 14.6. The van der Waals surface area contributed by atoms with Gasteiger partial charge in [0.2, 0.25) is 5.91 Å². The number of benzene rings is 2. The predicted molar refractivity (Wildman–Crippen MR) is 102 cm³/mol. The van der Waals surface area contributed by atoms with Gasteiger partial charge in [0, 0.05) is 16.6 Å². The lowest BCUT2D eigenvalue weighted by Crippen LogP contribution is -2.20. The van der Waals surface area contributed by atoms with Crippen LogP contribution in [0.5, 0.6) is 0 Å². The Morgan fingerprint density at radius 3 is 2.50 bits per heavy atom. The molecule has 3 N–H and O–H groups in total. The Hall–Kier alpha value is -2.99. The average molecular weight is 347 g/mol. The van der Waals surface area contributed by atoms with Crippen LogP contribution < -0.4 is 11.1 Å². The summed E-state index contributed by atoms with van der Waals surface area (Å²) in [7, 11) is 0. The van der Waals surface area contributed by atoms with Crippen LogP contribution in [-0.2, 0) is 6.54 Å². The maximum atomic E-state index is 11.2. The molecule has 1 aliphatic rings. The van der Waals surface area contributed by atoms with Crippen LogP contribution in [0.3, 0.4) is 0 Å². The maximum absolute atomic E-state index is 11.2. The fraction of sp³-hybridized carbons (Fsp3) is 0.250. The highest BCUT2D eigenvalue weighted by Crippen LogP contribution is 2.25. The summed E-state index contributed by atoms with van der Waals surface area (Å²) in [5.41, 5.74) is 7.56. The van der Waals surface area contributed by atoms with Crippen molar-refractivity contribution in [1.82, 2.24) is 14.9 Å². The molecular formula is C20H21N5O. The summed E-state index contributed by atoms with van der Waals surface area (Å²) < 4.78 is 0. The van der Waals surface area contributed by atoms with Gasteiger partial charge in [-0.1, -0.05) is 12.1 Å². The lowest BCUT2D eigenvalue weighted by Gasteiger charge is -2.15. The zero-order valence-electron chi connectivity index (χ0n) is 14.5. The third kappa shape index (κ3) is 3.50. The minimum Gasteiger partial charge on any atom is -0.366 e. The summed E-state index contributed by atoms with van der Waals surface area (Å²) in [5.74, 6) is 1.16. The van der Waals surface area contributed by atoms with Gasteiger partial charge in [-0.15, -0.1) is 0 Å². The van der Waals surface area contributed by atoms with Crippen LogP contribution in [-0.4, -0.2) is 33.9 Å². The van der Waals surface area contributed by atoms with E-state index in [4.69, 9.17) is 15.7 Å². The van der Waals surface area contributed by atoms with E-state index in [1.807, 2.05) is 36.4 Å². The molecule has 4 rings (SSSR count). The number of carbonyl (C=O) groups excluding carboxylic acids is 1. The minimum absolute atomic E-state index is 0.433. The third-order valence-corrected chi connectivity index (χ3v) is 4.65. The lowest BCUT2D eigenvalue weighted by molar-refractivity contribution is 0.100. The van der Waals surface area contributed by atoms with E-state index in [1.165, 1.54) is 12.8 Å². The van der Waals surface area contributed by atoms with E-state index >= 15 is 0 Å². The van der Waals surface area contributed by atoms with E-state index in [-0.39, 0.29) is 0 Å². The number of anilines is 2. The molecule has 0 bridgehead atoms. The summed E-state index contributed by atoms with van der Waals surface area (Å²) in [6.07, 6.45) is 2.48. The number of rotatable bonds is 5. The van der Waals surface area contributed by atoms with Gasteiger partial charge in [0.1, 0.15) is 11.6 Å². The molecule has 0 spiro atoms. The number of para-hydroxylation sites is 1. The summed E-state index contributed by atoms with van der Waals surface area (Å²) in [4.78, 5) is 23.1. The summed E-state index contributed by atoms with van der Waals surface area (Å²) in [6, 6.07) is 15.1. The van der Waals surface area contributed by atoms with Crippen LogP contribution >= 0.6 is 0 Å². The first-order chi connectivity index (χ1) is 12.7. The van der Waals surface area contributed by atoms with Crippen LogP contribution in [0.1, 0.15) is 29.0 Å². The van der Waals surface area contributed by atoms with E-state index < -0.39 is 5.91 Å².